The lowest BCUT2D eigenvalue weighted by atomic mass is 10.1. The lowest BCUT2D eigenvalue weighted by molar-refractivity contribution is 0.101. The molecule has 14 heavy (non-hydrogen) atoms. The first kappa shape index (κ1) is 10.2. The number of rotatable bonds is 1. The smallest absolute Gasteiger partial charge is 0.268 e. The highest BCUT2D eigenvalue weighted by atomic mass is 16.1. The molecular weight excluding hydrogens is 180 g/mol. The van der Waals surface area contributed by atoms with Crippen LogP contribution in [0.1, 0.15) is 28.5 Å². The van der Waals surface area contributed by atoms with Crippen LogP contribution >= 0.6 is 0 Å². The molecule has 0 N–H and O–H groups in total. The average molecular weight is 190 g/mol. The van der Waals surface area contributed by atoms with Crippen LogP contribution in [0.15, 0.2) is 10.9 Å². The van der Waals surface area contributed by atoms with Crippen LogP contribution in [0.25, 0.3) is 0 Å². The molecule has 0 saturated carbocycles. The van der Waals surface area contributed by atoms with E-state index in [9.17, 15) is 9.59 Å². The van der Waals surface area contributed by atoms with Gasteiger partial charge < -0.3 is 4.57 Å². The van der Waals surface area contributed by atoms with E-state index in [0.717, 1.165) is 0 Å². The van der Waals surface area contributed by atoms with Crippen LogP contribution in [0.2, 0.25) is 0 Å². The maximum absolute atomic E-state index is 11.4. The van der Waals surface area contributed by atoms with Crippen LogP contribution in [0.5, 0.6) is 0 Å². The molecule has 0 saturated heterocycles. The van der Waals surface area contributed by atoms with Crippen molar-refractivity contribution in [2.75, 3.05) is 0 Å². The molecule has 4 heteroatoms. The highest BCUT2D eigenvalue weighted by Gasteiger charge is 2.11. The van der Waals surface area contributed by atoms with E-state index >= 15 is 0 Å². The summed E-state index contributed by atoms with van der Waals surface area (Å²) >= 11 is 0. The highest BCUT2D eigenvalue weighted by molar-refractivity contribution is 5.95. The van der Waals surface area contributed by atoms with Crippen LogP contribution in [0.3, 0.4) is 0 Å². The summed E-state index contributed by atoms with van der Waals surface area (Å²) < 4.78 is 1.31. The number of hydrogen-bond acceptors (Lipinski definition) is 3. The Morgan fingerprint density at radius 2 is 2.14 bits per heavy atom. The van der Waals surface area contributed by atoms with Gasteiger partial charge >= 0.3 is 0 Å². The number of carbonyl (C=O) groups excluding carboxylic acids is 1. The maximum Gasteiger partial charge on any atom is 0.268 e. The van der Waals surface area contributed by atoms with Crippen LogP contribution in [-0.2, 0) is 7.05 Å². The third-order valence-corrected chi connectivity index (χ3v) is 2.22. The zero-order chi connectivity index (χ0) is 10.9. The van der Waals surface area contributed by atoms with E-state index in [4.69, 9.17) is 5.26 Å². The van der Waals surface area contributed by atoms with Crippen molar-refractivity contribution in [2.24, 2.45) is 7.05 Å². The molecule has 1 rings (SSSR count). The standard InChI is InChI=1S/C10H10N2O2/c1-6-9(7(2)13)4-8(5-11)10(14)12(6)3/h4H,1-3H3. The molecule has 1 heterocycles. The molecule has 0 spiro atoms. The lowest BCUT2D eigenvalue weighted by Crippen LogP contribution is -2.24. The van der Waals surface area contributed by atoms with Crippen molar-refractivity contribution < 1.29 is 4.79 Å². The minimum absolute atomic E-state index is 0.00306. The molecule has 1 aromatic heterocycles. The number of hydrogen-bond donors (Lipinski definition) is 0. The predicted octanol–water partition coefficient (Wildman–Crippen LogP) is 0.768. The Kier molecular flexibility index (Phi) is 2.52. The Labute approximate surface area is 81.4 Å². The molecule has 0 fully saturated rings. The Morgan fingerprint density at radius 1 is 1.57 bits per heavy atom. The van der Waals surface area contributed by atoms with Gasteiger partial charge in [-0.25, -0.2) is 0 Å². The van der Waals surface area contributed by atoms with Crippen LogP contribution in [-0.4, -0.2) is 10.4 Å². The lowest BCUT2D eigenvalue weighted by Gasteiger charge is -2.07. The first-order valence-corrected chi connectivity index (χ1v) is 4.10. The third kappa shape index (κ3) is 1.44. The fourth-order valence-electron chi connectivity index (χ4n) is 1.26. The van der Waals surface area contributed by atoms with Crippen LogP contribution < -0.4 is 5.56 Å². The van der Waals surface area contributed by atoms with E-state index in [2.05, 4.69) is 0 Å². The number of carbonyl (C=O) groups is 1. The summed E-state index contributed by atoms with van der Waals surface area (Å²) in [4.78, 5) is 22.6. The molecule has 0 radical (unpaired) electrons. The van der Waals surface area contributed by atoms with E-state index in [1.54, 1.807) is 20.0 Å². The summed E-state index contributed by atoms with van der Waals surface area (Å²) in [6.07, 6.45) is 0. The van der Waals surface area contributed by atoms with Gasteiger partial charge in [0.25, 0.3) is 5.56 Å². The minimum atomic E-state index is -0.366. The van der Waals surface area contributed by atoms with Gasteiger partial charge in [0, 0.05) is 18.3 Å². The van der Waals surface area contributed by atoms with Crippen molar-refractivity contribution in [1.29, 1.82) is 5.26 Å². The molecule has 0 unspecified atom stereocenters. The second-order valence-corrected chi connectivity index (χ2v) is 3.09. The van der Waals surface area contributed by atoms with Crippen molar-refractivity contribution in [3.8, 4) is 6.07 Å². The Hall–Kier alpha value is -1.89. The molecule has 72 valence electrons. The zero-order valence-corrected chi connectivity index (χ0v) is 8.29. The van der Waals surface area contributed by atoms with Gasteiger partial charge in [0.1, 0.15) is 11.6 Å². The predicted molar refractivity (Wildman–Crippen MR) is 51.1 cm³/mol. The van der Waals surface area contributed by atoms with Crippen molar-refractivity contribution in [3.05, 3.63) is 33.2 Å². The normalized spacial score (nSPS) is 9.57. The van der Waals surface area contributed by atoms with Gasteiger partial charge in [0.05, 0.1) is 0 Å². The van der Waals surface area contributed by atoms with Gasteiger partial charge in [-0.2, -0.15) is 5.26 Å². The number of ketones is 1. The Balaban J connectivity index is 3.68. The monoisotopic (exact) mass is 190 g/mol. The molecule has 0 atom stereocenters. The molecular formula is C10H10N2O2. The quantitative estimate of drug-likeness (QED) is 0.614. The van der Waals surface area contributed by atoms with Crippen LogP contribution in [0, 0.1) is 18.3 Å². The number of Topliss-reactive ketones (excluding diaryl/α,β-unsaturated/α-hetero) is 1. The fourth-order valence-corrected chi connectivity index (χ4v) is 1.26. The highest BCUT2D eigenvalue weighted by Crippen LogP contribution is 2.07. The number of nitriles is 1. The van der Waals surface area contributed by atoms with Crippen LogP contribution in [0.4, 0.5) is 0 Å². The van der Waals surface area contributed by atoms with Crippen molar-refractivity contribution in [2.45, 2.75) is 13.8 Å². The summed E-state index contributed by atoms with van der Waals surface area (Å²) in [5.74, 6) is -0.144. The molecule has 0 aliphatic rings. The second-order valence-electron chi connectivity index (χ2n) is 3.09. The van der Waals surface area contributed by atoms with Crippen molar-refractivity contribution in [3.63, 3.8) is 0 Å². The van der Waals surface area contributed by atoms with E-state index < -0.39 is 0 Å². The Bertz CT molecular complexity index is 492. The van der Waals surface area contributed by atoms with E-state index in [1.807, 2.05) is 0 Å². The van der Waals surface area contributed by atoms with Gasteiger partial charge in [-0.05, 0) is 19.9 Å². The number of aromatic nitrogens is 1. The number of nitrogens with zero attached hydrogens (tertiary/aromatic N) is 2. The van der Waals surface area contributed by atoms with E-state index in [1.165, 1.54) is 17.6 Å². The summed E-state index contributed by atoms with van der Waals surface area (Å²) in [5.41, 5.74) is 0.642. The second kappa shape index (κ2) is 3.46. The summed E-state index contributed by atoms with van der Waals surface area (Å²) in [5, 5.41) is 8.67. The summed E-state index contributed by atoms with van der Waals surface area (Å²) in [6, 6.07) is 3.12. The fraction of sp³-hybridized carbons (Fsp3) is 0.300. The van der Waals surface area contributed by atoms with Crippen molar-refractivity contribution >= 4 is 5.78 Å². The van der Waals surface area contributed by atoms with E-state index in [0.29, 0.717) is 11.3 Å². The third-order valence-electron chi connectivity index (χ3n) is 2.22. The maximum atomic E-state index is 11.4. The van der Waals surface area contributed by atoms with Gasteiger partial charge in [-0.15, -0.1) is 0 Å². The molecule has 1 aromatic rings. The molecule has 0 aliphatic heterocycles. The largest absolute Gasteiger partial charge is 0.314 e. The van der Waals surface area contributed by atoms with Crippen molar-refractivity contribution in [1.82, 2.24) is 4.57 Å². The SMILES string of the molecule is CC(=O)c1cc(C#N)c(=O)n(C)c1C. The Morgan fingerprint density at radius 3 is 2.57 bits per heavy atom. The summed E-state index contributed by atoms with van der Waals surface area (Å²) in [7, 11) is 1.55. The molecule has 0 aliphatic carbocycles. The molecule has 4 nitrogen and oxygen atoms in total. The van der Waals surface area contributed by atoms with E-state index in [-0.39, 0.29) is 16.9 Å². The van der Waals surface area contributed by atoms with Gasteiger partial charge in [0.15, 0.2) is 5.78 Å². The first-order valence-electron chi connectivity index (χ1n) is 4.10. The van der Waals surface area contributed by atoms with Gasteiger partial charge in [-0.1, -0.05) is 0 Å². The van der Waals surface area contributed by atoms with Gasteiger partial charge in [-0.3, -0.25) is 9.59 Å². The molecule has 0 bridgehead atoms. The minimum Gasteiger partial charge on any atom is -0.314 e. The average Bonchev–Trinajstić information content (AvgIpc) is 2.14. The topological polar surface area (TPSA) is 62.9 Å². The zero-order valence-electron chi connectivity index (χ0n) is 8.29. The summed E-state index contributed by atoms with van der Waals surface area (Å²) in [6.45, 7) is 3.09. The molecule has 0 aromatic carbocycles. The van der Waals surface area contributed by atoms with Gasteiger partial charge in [0.2, 0.25) is 0 Å². The first-order chi connectivity index (χ1) is 6.49. The molecule has 0 amide bonds. The number of pyridine rings is 1.